The van der Waals surface area contributed by atoms with Crippen LogP contribution in [0.5, 0.6) is 0 Å². The molecule has 2 aromatic carbocycles. The number of aromatic amines is 1. The van der Waals surface area contributed by atoms with Crippen molar-refractivity contribution < 1.29 is 0 Å². The van der Waals surface area contributed by atoms with Crippen LogP contribution in [0.2, 0.25) is 5.28 Å². The summed E-state index contributed by atoms with van der Waals surface area (Å²) >= 11 is 6.24. The molecule has 1 N–H and O–H groups in total. The van der Waals surface area contributed by atoms with Gasteiger partial charge in [0.25, 0.3) is 0 Å². The van der Waals surface area contributed by atoms with E-state index in [1.807, 2.05) is 12.1 Å². The van der Waals surface area contributed by atoms with Gasteiger partial charge in [-0.1, -0.05) is 55.8 Å². The molecule has 4 rings (SSSR count). The number of nitrogens with one attached hydrogen (secondary N) is 1. The summed E-state index contributed by atoms with van der Waals surface area (Å²) in [6.07, 6.45) is 3.89. The second-order valence-corrected chi connectivity index (χ2v) is 7.34. The van der Waals surface area contributed by atoms with Gasteiger partial charge in [-0.25, -0.2) is 14.8 Å². The Bertz CT molecular complexity index is 1060. The maximum Gasteiger partial charge on any atom is 0.221 e. The zero-order valence-electron chi connectivity index (χ0n) is 16.2. The first-order chi connectivity index (χ1) is 14.2. The maximum absolute atomic E-state index is 6.24. The van der Waals surface area contributed by atoms with E-state index in [0.717, 1.165) is 42.6 Å². The van der Waals surface area contributed by atoms with Crippen molar-refractivity contribution in [3.8, 4) is 11.4 Å². The van der Waals surface area contributed by atoms with E-state index in [4.69, 9.17) is 11.6 Å². The monoisotopic (exact) mass is 407 g/mol. The highest BCUT2D eigenvalue weighted by atomic mass is 35.5. The Morgan fingerprint density at radius 1 is 1.03 bits per heavy atom. The lowest BCUT2D eigenvalue weighted by Crippen LogP contribution is -2.03. The van der Waals surface area contributed by atoms with Crippen molar-refractivity contribution in [2.24, 2.45) is 0 Å². The SMILES string of the molecule is CCCCc1nc(Cl)n(Cc2ccc(Cc3cccc(-c4nnn[nH]4)c3)cc2)n1. The molecular weight excluding hydrogens is 386 g/mol. The molecule has 0 aliphatic rings. The fraction of sp³-hybridized carbons (Fsp3) is 0.286. The number of H-pyrrole nitrogens is 1. The molecule has 0 bridgehead atoms. The Balaban J connectivity index is 1.42. The number of hydrogen-bond donors (Lipinski definition) is 1. The van der Waals surface area contributed by atoms with Crippen molar-refractivity contribution in [1.29, 1.82) is 0 Å². The molecule has 8 heteroatoms. The van der Waals surface area contributed by atoms with E-state index < -0.39 is 0 Å². The van der Waals surface area contributed by atoms with Crippen molar-refractivity contribution in [2.45, 2.75) is 39.2 Å². The van der Waals surface area contributed by atoms with Gasteiger partial charge in [0.1, 0.15) is 0 Å². The van der Waals surface area contributed by atoms with Crippen molar-refractivity contribution >= 4 is 11.6 Å². The first-order valence-electron chi connectivity index (χ1n) is 9.71. The third-order valence-corrected chi connectivity index (χ3v) is 5.01. The Morgan fingerprint density at radius 3 is 2.62 bits per heavy atom. The quantitative estimate of drug-likeness (QED) is 0.475. The first kappa shape index (κ1) is 19.3. The summed E-state index contributed by atoms with van der Waals surface area (Å²) in [6, 6.07) is 16.7. The molecule has 0 aliphatic heterocycles. The smallest absolute Gasteiger partial charge is 0.221 e. The average Bonchev–Trinajstić information content (AvgIpc) is 3.39. The van der Waals surface area contributed by atoms with E-state index in [2.05, 4.69) is 74.0 Å². The standard InChI is InChI=1S/C21H22ClN7/c1-2-3-7-19-23-21(22)29(26-19)14-16-10-8-15(9-11-16)12-17-5-4-6-18(13-17)20-24-27-28-25-20/h4-6,8-11,13H,2-3,7,12,14H2,1H3,(H,24,25,27,28). The number of unbranched alkanes of at least 4 members (excludes halogenated alkanes) is 1. The van der Waals surface area contributed by atoms with E-state index in [-0.39, 0.29) is 0 Å². The predicted molar refractivity (Wildman–Crippen MR) is 112 cm³/mol. The molecule has 0 amide bonds. The highest BCUT2D eigenvalue weighted by molar-refractivity contribution is 6.28. The molecule has 0 saturated carbocycles. The highest BCUT2D eigenvalue weighted by Gasteiger charge is 2.08. The molecular formula is C21H22ClN7. The molecule has 0 atom stereocenters. The zero-order valence-corrected chi connectivity index (χ0v) is 17.0. The third kappa shape index (κ3) is 4.86. The minimum Gasteiger partial charge on any atom is -0.239 e. The second kappa shape index (κ2) is 8.96. The highest BCUT2D eigenvalue weighted by Crippen LogP contribution is 2.18. The molecule has 0 fully saturated rings. The Kier molecular flexibility index (Phi) is 5.95. The van der Waals surface area contributed by atoms with Gasteiger partial charge in [0.15, 0.2) is 11.6 Å². The molecule has 7 nitrogen and oxygen atoms in total. The summed E-state index contributed by atoms with van der Waals surface area (Å²) in [4.78, 5) is 4.35. The van der Waals surface area contributed by atoms with Crippen molar-refractivity contribution in [3.05, 3.63) is 76.3 Å². The van der Waals surface area contributed by atoms with E-state index in [0.29, 0.717) is 17.7 Å². The molecule has 0 unspecified atom stereocenters. The fourth-order valence-electron chi connectivity index (χ4n) is 3.19. The zero-order chi connectivity index (χ0) is 20.1. The van der Waals surface area contributed by atoms with Gasteiger partial charge in [0.05, 0.1) is 6.54 Å². The summed E-state index contributed by atoms with van der Waals surface area (Å²) in [5, 5.41) is 19.0. The number of tetrazole rings is 1. The first-order valence-corrected chi connectivity index (χ1v) is 10.1. The molecule has 2 heterocycles. The molecule has 2 aromatic heterocycles. The molecule has 0 saturated heterocycles. The van der Waals surface area contributed by atoms with E-state index in [1.165, 1.54) is 11.1 Å². The lowest BCUT2D eigenvalue weighted by molar-refractivity contribution is 0.661. The number of nitrogens with zero attached hydrogens (tertiary/aromatic N) is 6. The molecule has 0 radical (unpaired) electrons. The Hall–Kier alpha value is -3.06. The van der Waals surface area contributed by atoms with Gasteiger partial charge >= 0.3 is 0 Å². The third-order valence-electron chi connectivity index (χ3n) is 4.73. The van der Waals surface area contributed by atoms with Crippen LogP contribution in [0.15, 0.2) is 48.5 Å². The van der Waals surface area contributed by atoms with Crippen LogP contribution in [-0.4, -0.2) is 35.4 Å². The summed E-state index contributed by atoms with van der Waals surface area (Å²) in [5.74, 6) is 1.49. The lowest BCUT2D eigenvalue weighted by Gasteiger charge is -2.06. The van der Waals surface area contributed by atoms with Gasteiger partial charge in [-0.05, 0) is 57.6 Å². The van der Waals surface area contributed by atoms with Crippen LogP contribution in [-0.2, 0) is 19.4 Å². The number of hydrogen-bond acceptors (Lipinski definition) is 5. The largest absolute Gasteiger partial charge is 0.239 e. The lowest BCUT2D eigenvalue weighted by atomic mass is 10.0. The topological polar surface area (TPSA) is 85.2 Å². The maximum atomic E-state index is 6.24. The van der Waals surface area contributed by atoms with Crippen molar-refractivity contribution in [3.63, 3.8) is 0 Å². The average molecular weight is 408 g/mol. The molecule has 4 aromatic rings. The normalized spacial score (nSPS) is 11.1. The molecule has 0 aliphatic carbocycles. The van der Waals surface area contributed by atoms with Gasteiger partial charge in [-0.3, -0.25) is 0 Å². The van der Waals surface area contributed by atoms with E-state index in [9.17, 15) is 0 Å². The van der Waals surface area contributed by atoms with Gasteiger partial charge in [-0.15, -0.1) is 5.10 Å². The van der Waals surface area contributed by atoms with Crippen LogP contribution in [0.1, 0.15) is 42.3 Å². The van der Waals surface area contributed by atoms with Crippen LogP contribution in [0.3, 0.4) is 0 Å². The van der Waals surface area contributed by atoms with Crippen molar-refractivity contribution in [2.75, 3.05) is 0 Å². The van der Waals surface area contributed by atoms with Crippen LogP contribution >= 0.6 is 11.6 Å². The summed E-state index contributed by atoms with van der Waals surface area (Å²) in [7, 11) is 0. The van der Waals surface area contributed by atoms with E-state index in [1.54, 1.807) is 4.68 Å². The van der Waals surface area contributed by atoms with Crippen LogP contribution in [0, 0.1) is 0 Å². The predicted octanol–water partition coefficient (Wildman–Crippen LogP) is 4.09. The minimum atomic E-state index is 0.443. The molecule has 148 valence electrons. The van der Waals surface area contributed by atoms with E-state index >= 15 is 0 Å². The van der Waals surface area contributed by atoms with Crippen LogP contribution in [0.4, 0.5) is 0 Å². The number of aromatic nitrogens is 7. The van der Waals surface area contributed by atoms with Gasteiger partial charge in [0, 0.05) is 12.0 Å². The van der Waals surface area contributed by atoms with Crippen molar-refractivity contribution in [1.82, 2.24) is 35.4 Å². The minimum absolute atomic E-state index is 0.443. The van der Waals surface area contributed by atoms with Crippen LogP contribution in [0.25, 0.3) is 11.4 Å². The Morgan fingerprint density at radius 2 is 1.86 bits per heavy atom. The number of benzene rings is 2. The number of aryl methyl sites for hydroxylation is 1. The number of rotatable bonds is 8. The van der Waals surface area contributed by atoms with Crippen LogP contribution < -0.4 is 0 Å². The summed E-state index contributed by atoms with van der Waals surface area (Å²) in [5.41, 5.74) is 4.55. The Labute approximate surface area is 174 Å². The number of halogens is 1. The van der Waals surface area contributed by atoms with Gasteiger partial charge in [0.2, 0.25) is 5.28 Å². The van der Waals surface area contributed by atoms with Gasteiger partial charge < -0.3 is 0 Å². The fourth-order valence-corrected chi connectivity index (χ4v) is 3.38. The second-order valence-electron chi connectivity index (χ2n) is 7.00. The summed E-state index contributed by atoms with van der Waals surface area (Å²) < 4.78 is 1.76. The van der Waals surface area contributed by atoms with Gasteiger partial charge in [-0.2, -0.15) is 5.10 Å². The molecule has 29 heavy (non-hydrogen) atoms. The molecule has 0 spiro atoms. The summed E-state index contributed by atoms with van der Waals surface area (Å²) in [6.45, 7) is 2.77.